The first-order chi connectivity index (χ1) is 22.6. The molecule has 4 unspecified atom stereocenters. The number of benzene rings is 2. The van der Waals surface area contributed by atoms with E-state index in [1.165, 1.54) is 11.1 Å². The van der Waals surface area contributed by atoms with Gasteiger partial charge in [0.05, 0.1) is 25.6 Å². The van der Waals surface area contributed by atoms with Gasteiger partial charge in [-0.25, -0.2) is 0 Å². The monoisotopic (exact) mass is 622 g/mol. The Bertz CT molecular complexity index is 1350. The van der Waals surface area contributed by atoms with E-state index < -0.39 is 0 Å². The quantitative estimate of drug-likeness (QED) is 0.247. The molecule has 0 aliphatic carbocycles. The van der Waals surface area contributed by atoms with Crippen LogP contribution < -0.4 is 20.1 Å². The summed E-state index contributed by atoms with van der Waals surface area (Å²) in [7, 11) is 3.53. The molecule has 2 aromatic carbocycles. The average molecular weight is 623 g/mol. The second kappa shape index (κ2) is 17.2. The van der Waals surface area contributed by atoms with Gasteiger partial charge in [-0.05, 0) is 63.1 Å². The largest absolute Gasteiger partial charge is 0.496 e. The normalized spacial score (nSPS) is 22.5. The van der Waals surface area contributed by atoms with Gasteiger partial charge in [0.25, 0.3) is 0 Å². The summed E-state index contributed by atoms with van der Waals surface area (Å²) in [5.41, 5.74) is 4.55. The van der Waals surface area contributed by atoms with Crippen LogP contribution in [0.3, 0.4) is 0 Å². The maximum atomic E-state index is 5.85. The number of methoxy groups -OCH3 is 2. The molecule has 2 N–H and O–H groups in total. The molecule has 1 aliphatic heterocycles. The van der Waals surface area contributed by atoms with Crippen molar-refractivity contribution < 1.29 is 9.47 Å². The van der Waals surface area contributed by atoms with Gasteiger partial charge in [-0.2, -0.15) is 0 Å². The summed E-state index contributed by atoms with van der Waals surface area (Å²) >= 11 is 0. The number of pyridine rings is 2. The van der Waals surface area contributed by atoms with Crippen LogP contribution in [0.2, 0.25) is 0 Å². The smallest absolute Gasteiger partial charge is 0.123 e. The Morgan fingerprint density at radius 3 is 1.41 bits per heavy atom. The van der Waals surface area contributed by atoms with Gasteiger partial charge in [-0.3, -0.25) is 19.8 Å². The van der Waals surface area contributed by atoms with E-state index in [1.54, 1.807) is 14.2 Å². The lowest BCUT2D eigenvalue weighted by molar-refractivity contribution is 0.150. The fraction of sp³-hybridized carbons (Fsp3) is 0.421. The molecule has 8 nitrogen and oxygen atoms in total. The van der Waals surface area contributed by atoms with Gasteiger partial charge in [0.15, 0.2) is 0 Å². The maximum Gasteiger partial charge on any atom is 0.123 e. The van der Waals surface area contributed by atoms with Crippen LogP contribution in [0, 0.1) is 0 Å². The third-order valence-corrected chi connectivity index (χ3v) is 9.19. The Hall–Kier alpha value is -3.82. The van der Waals surface area contributed by atoms with Crippen molar-refractivity contribution in [2.24, 2.45) is 0 Å². The number of hydrogen-bond acceptors (Lipinski definition) is 8. The Balaban J connectivity index is 1.47. The summed E-state index contributed by atoms with van der Waals surface area (Å²) < 4.78 is 11.7. The molecule has 8 heteroatoms. The summed E-state index contributed by atoms with van der Waals surface area (Å²) in [4.78, 5) is 14.5. The zero-order chi connectivity index (χ0) is 32.1. The molecule has 5 rings (SSSR count). The third kappa shape index (κ3) is 9.13. The topological polar surface area (TPSA) is 74.8 Å². The molecule has 1 saturated heterocycles. The van der Waals surface area contributed by atoms with E-state index >= 15 is 0 Å². The van der Waals surface area contributed by atoms with Gasteiger partial charge in [0.2, 0.25) is 0 Å². The van der Waals surface area contributed by atoms with Crippen LogP contribution in [0.25, 0.3) is 0 Å². The number of nitrogens with one attached hydrogen (secondary N) is 2. The van der Waals surface area contributed by atoms with E-state index in [4.69, 9.17) is 9.47 Å². The molecule has 4 atom stereocenters. The summed E-state index contributed by atoms with van der Waals surface area (Å²) in [5, 5.41) is 7.91. The number of ether oxygens (including phenoxy) is 2. The highest BCUT2D eigenvalue weighted by Gasteiger charge is 2.27. The predicted molar refractivity (Wildman–Crippen MR) is 185 cm³/mol. The molecule has 0 spiro atoms. The van der Waals surface area contributed by atoms with Crippen LogP contribution in [-0.2, 0) is 13.1 Å². The van der Waals surface area contributed by atoms with Crippen molar-refractivity contribution in [2.75, 3.05) is 40.4 Å². The molecular weight excluding hydrogens is 572 g/mol. The molecule has 4 aromatic rings. The lowest BCUT2D eigenvalue weighted by Gasteiger charge is -2.36. The molecule has 1 aliphatic rings. The molecular formula is C38H50N6O2. The van der Waals surface area contributed by atoms with Crippen molar-refractivity contribution in [1.29, 1.82) is 0 Å². The number of nitrogens with zero attached hydrogens (tertiary/aromatic N) is 4. The highest BCUT2D eigenvalue weighted by Crippen LogP contribution is 2.31. The SMILES string of the molecule is COc1ccccc1C1CC(C)N(Cc2ccccn2)CCNC(c2ccccc2OC)CC(C)N(Cc2ccccn2)CCN1. The van der Waals surface area contributed by atoms with Crippen molar-refractivity contribution in [2.45, 2.75) is 63.9 Å². The van der Waals surface area contributed by atoms with Crippen LogP contribution in [0.1, 0.15) is 61.3 Å². The second-order valence-electron chi connectivity index (χ2n) is 12.2. The van der Waals surface area contributed by atoms with Crippen molar-refractivity contribution >= 4 is 0 Å². The van der Waals surface area contributed by atoms with E-state index in [2.05, 4.69) is 105 Å². The van der Waals surface area contributed by atoms with E-state index in [9.17, 15) is 0 Å². The molecule has 0 radical (unpaired) electrons. The highest BCUT2D eigenvalue weighted by atomic mass is 16.5. The fourth-order valence-corrected chi connectivity index (χ4v) is 6.60. The number of para-hydroxylation sites is 2. The van der Waals surface area contributed by atoms with Crippen LogP contribution in [-0.4, -0.2) is 72.3 Å². The lowest BCUT2D eigenvalue weighted by Crippen LogP contribution is -2.45. The number of rotatable bonds is 8. The van der Waals surface area contributed by atoms with Gasteiger partial charge < -0.3 is 20.1 Å². The van der Waals surface area contributed by atoms with E-state index in [1.807, 2.05) is 36.7 Å². The third-order valence-electron chi connectivity index (χ3n) is 9.19. The summed E-state index contributed by atoms with van der Waals surface area (Å²) in [5.74, 6) is 1.84. The molecule has 46 heavy (non-hydrogen) atoms. The van der Waals surface area contributed by atoms with Crippen LogP contribution >= 0.6 is 0 Å². The molecule has 0 amide bonds. The molecule has 1 fully saturated rings. The van der Waals surface area contributed by atoms with Crippen LogP contribution in [0.15, 0.2) is 97.3 Å². The van der Waals surface area contributed by atoms with Crippen molar-refractivity contribution in [3.63, 3.8) is 0 Å². The summed E-state index contributed by atoms with van der Waals surface area (Å²) in [6, 6.07) is 30.0. The van der Waals surface area contributed by atoms with Crippen molar-refractivity contribution in [3.8, 4) is 11.5 Å². The summed E-state index contributed by atoms with van der Waals surface area (Å²) in [6.07, 6.45) is 5.63. The van der Waals surface area contributed by atoms with E-state index in [0.29, 0.717) is 0 Å². The van der Waals surface area contributed by atoms with Crippen molar-refractivity contribution in [1.82, 2.24) is 30.4 Å². The molecule has 244 valence electrons. The molecule has 0 saturated carbocycles. The minimum atomic E-state index is 0.126. The first kappa shape index (κ1) is 33.5. The van der Waals surface area contributed by atoms with E-state index in [-0.39, 0.29) is 24.2 Å². The first-order valence-electron chi connectivity index (χ1n) is 16.6. The molecule has 3 heterocycles. The Morgan fingerprint density at radius 1 is 0.609 bits per heavy atom. The van der Waals surface area contributed by atoms with Gasteiger partial charge in [-0.1, -0.05) is 48.5 Å². The second-order valence-corrected chi connectivity index (χ2v) is 12.2. The maximum absolute atomic E-state index is 5.85. The predicted octanol–water partition coefficient (Wildman–Crippen LogP) is 6.03. The van der Waals surface area contributed by atoms with E-state index in [0.717, 1.165) is 75.0 Å². The first-order valence-corrected chi connectivity index (χ1v) is 16.6. The number of aromatic nitrogens is 2. The minimum absolute atomic E-state index is 0.126. The lowest BCUT2D eigenvalue weighted by atomic mass is 9.96. The molecule has 0 bridgehead atoms. The van der Waals surface area contributed by atoms with Gasteiger partial charge in [0, 0.05) is 87.0 Å². The van der Waals surface area contributed by atoms with Crippen molar-refractivity contribution in [3.05, 3.63) is 120 Å². The summed E-state index contributed by atoms with van der Waals surface area (Å²) in [6.45, 7) is 9.69. The standard InChI is InChI=1S/C38H50N6O2/c1-29-25-35(33-15-5-7-17-37(33)45-3)41-22-24-44(28-32-14-10-12-20-40-32)30(2)26-36(34-16-6-8-18-38(34)46-4)42-21-23-43(29)27-31-13-9-11-19-39-31/h5-20,29-30,35-36,41-42H,21-28H2,1-4H3. The Labute approximate surface area is 275 Å². The zero-order valence-electron chi connectivity index (χ0n) is 27.8. The Morgan fingerprint density at radius 2 is 1.02 bits per heavy atom. The van der Waals surface area contributed by atoms with Gasteiger partial charge >= 0.3 is 0 Å². The van der Waals surface area contributed by atoms with Crippen LogP contribution in [0.5, 0.6) is 11.5 Å². The van der Waals surface area contributed by atoms with Gasteiger partial charge in [0.1, 0.15) is 11.5 Å². The highest BCUT2D eigenvalue weighted by molar-refractivity contribution is 5.37. The average Bonchev–Trinajstić information content (AvgIpc) is 3.10. The van der Waals surface area contributed by atoms with Gasteiger partial charge in [-0.15, -0.1) is 0 Å². The fourth-order valence-electron chi connectivity index (χ4n) is 6.60. The number of hydrogen-bond donors (Lipinski definition) is 2. The van der Waals surface area contributed by atoms with Crippen LogP contribution in [0.4, 0.5) is 0 Å². The zero-order valence-corrected chi connectivity index (χ0v) is 27.8. The molecule has 2 aromatic heterocycles. The minimum Gasteiger partial charge on any atom is -0.496 e. The Kier molecular flexibility index (Phi) is 12.5.